The maximum Gasteiger partial charge on any atom is 0.0449 e. The second-order valence-corrected chi connectivity index (χ2v) is 1.26. The lowest BCUT2D eigenvalue weighted by Gasteiger charge is -1.93. The molecule has 0 aromatic rings. The molecule has 0 aliphatic heterocycles. The Morgan fingerprint density at radius 3 is 2.33 bits per heavy atom. The van der Waals surface area contributed by atoms with Crippen LogP contribution in [0.4, 0.5) is 0 Å². The SMILES string of the molecule is [B][B]B([B])CC. The molecule has 0 bridgehead atoms. The minimum atomic E-state index is 0.0880. The minimum absolute atomic E-state index is 0.0880. The molecule has 5 radical (unpaired) electrons. The van der Waals surface area contributed by atoms with Gasteiger partial charge in [0.2, 0.25) is 0 Å². The second kappa shape index (κ2) is 3.45. The van der Waals surface area contributed by atoms with Crippen molar-refractivity contribution in [1.29, 1.82) is 0 Å². The van der Waals surface area contributed by atoms with Crippen LogP contribution in [0.1, 0.15) is 6.92 Å². The Morgan fingerprint density at radius 1 is 1.83 bits per heavy atom. The highest BCUT2D eigenvalue weighted by molar-refractivity contribution is 7.46. The van der Waals surface area contributed by atoms with Gasteiger partial charge in [0, 0.05) is 29.0 Å². The van der Waals surface area contributed by atoms with Gasteiger partial charge in [0.1, 0.15) is 0 Å². The topological polar surface area (TPSA) is 0 Å². The Kier molecular flexibility index (Phi) is 3.60. The van der Waals surface area contributed by atoms with Crippen LogP contribution in [0.2, 0.25) is 6.32 Å². The average molecular weight is 72.3 g/mol. The summed E-state index contributed by atoms with van der Waals surface area (Å²) >= 11 is 0. The van der Waals surface area contributed by atoms with Gasteiger partial charge in [-0.1, -0.05) is 13.2 Å². The van der Waals surface area contributed by atoms with Crippen molar-refractivity contribution in [2.75, 3.05) is 0 Å². The Hall–Kier alpha value is 0.260. The molecule has 0 heterocycles. The molecule has 0 saturated carbocycles. The van der Waals surface area contributed by atoms with E-state index in [1.54, 1.807) is 0 Å². The molecule has 0 fully saturated rings. The summed E-state index contributed by atoms with van der Waals surface area (Å²) < 4.78 is 0. The smallest absolute Gasteiger partial charge is 0.0449 e. The van der Waals surface area contributed by atoms with E-state index in [1.807, 2.05) is 6.92 Å². The van der Waals surface area contributed by atoms with E-state index in [1.165, 1.54) is 7.06 Å². The molecule has 4 heteroatoms. The van der Waals surface area contributed by atoms with Gasteiger partial charge in [-0.25, -0.2) is 0 Å². The van der Waals surface area contributed by atoms with E-state index < -0.39 is 0 Å². The molecule has 0 rings (SSSR count). The predicted octanol–water partition coefficient (Wildman–Crippen LogP) is -0.549. The molecule has 6 heavy (non-hydrogen) atoms. The molecule has 0 spiro atoms. The van der Waals surface area contributed by atoms with Crippen molar-refractivity contribution >= 4 is 29.0 Å². The van der Waals surface area contributed by atoms with Crippen LogP contribution in [-0.4, -0.2) is 29.0 Å². The standard InChI is InChI=1S/C2H5B4/c1-2-6(4)5-3/h2H2,1H3. The molecule has 0 unspecified atom stereocenters. The van der Waals surface area contributed by atoms with Gasteiger partial charge in [-0.3, -0.25) is 0 Å². The Balaban J connectivity index is 2.75. The zero-order valence-corrected chi connectivity index (χ0v) is 4.02. The van der Waals surface area contributed by atoms with Gasteiger partial charge in [0.15, 0.2) is 0 Å². The van der Waals surface area contributed by atoms with Crippen LogP contribution in [0.3, 0.4) is 0 Å². The number of hydrogen-bond donors (Lipinski definition) is 0. The molecule has 0 aliphatic rings. The molecule has 0 nitrogen and oxygen atoms in total. The van der Waals surface area contributed by atoms with Crippen molar-refractivity contribution in [1.82, 2.24) is 0 Å². The monoisotopic (exact) mass is 73.1 g/mol. The average Bonchev–Trinajstić information content (AvgIpc) is 1.65. The first-order valence-corrected chi connectivity index (χ1v) is 2.12. The van der Waals surface area contributed by atoms with Crippen molar-refractivity contribution in [2.24, 2.45) is 0 Å². The maximum absolute atomic E-state index is 5.29. The zero-order chi connectivity index (χ0) is 4.99. The van der Waals surface area contributed by atoms with Gasteiger partial charge < -0.3 is 0 Å². The lowest BCUT2D eigenvalue weighted by atomic mass is 9.04. The molecular formula is C2H5B4. The highest BCUT2D eigenvalue weighted by Crippen LogP contribution is 1.76. The van der Waals surface area contributed by atoms with E-state index in [2.05, 4.69) is 0 Å². The molecule has 0 amide bonds. The van der Waals surface area contributed by atoms with Gasteiger partial charge in [0.25, 0.3) is 0 Å². The summed E-state index contributed by atoms with van der Waals surface area (Å²) in [4.78, 5) is 0. The first kappa shape index (κ1) is 6.26. The van der Waals surface area contributed by atoms with Gasteiger partial charge in [0.05, 0.1) is 0 Å². The van der Waals surface area contributed by atoms with Crippen LogP contribution in [0, 0.1) is 0 Å². The molecule has 0 saturated heterocycles. The number of rotatable bonds is 2. The highest BCUT2D eigenvalue weighted by atomic mass is 13.4. The van der Waals surface area contributed by atoms with Gasteiger partial charge in [-0.2, -0.15) is 0 Å². The summed E-state index contributed by atoms with van der Waals surface area (Å²) in [6.07, 6.45) is 0.927. The molecule has 0 aliphatic carbocycles. The third kappa shape index (κ3) is 2.49. The Bertz CT molecular complexity index is 24.7. The van der Waals surface area contributed by atoms with Gasteiger partial charge >= 0.3 is 0 Å². The Labute approximate surface area is 43.2 Å². The first-order valence-electron chi connectivity index (χ1n) is 2.12. The molecule has 0 aromatic carbocycles. The Morgan fingerprint density at radius 2 is 2.33 bits per heavy atom. The van der Waals surface area contributed by atoms with E-state index in [4.69, 9.17) is 15.5 Å². The van der Waals surface area contributed by atoms with E-state index in [0.29, 0.717) is 0 Å². The van der Waals surface area contributed by atoms with Crippen LogP contribution in [-0.2, 0) is 0 Å². The van der Waals surface area contributed by atoms with Crippen molar-refractivity contribution in [3.8, 4) is 0 Å². The van der Waals surface area contributed by atoms with Crippen molar-refractivity contribution in [2.45, 2.75) is 13.2 Å². The third-order valence-electron chi connectivity index (χ3n) is 0.719. The fourth-order valence-electron chi connectivity index (χ4n) is 0.136. The summed E-state index contributed by atoms with van der Waals surface area (Å²) in [5.41, 5.74) is 0. The predicted molar refractivity (Wildman–Crippen MR) is 33.5 cm³/mol. The van der Waals surface area contributed by atoms with Gasteiger partial charge in [-0.05, 0) is 0 Å². The van der Waals surface area contributed by atoms with Crippen molar-refractivity contribution in [3.05, 3.63) is 0 Å². The van der Waals surface area contributed by atoms with Crippen LogP contribution < -0.4 is 0 Å². The lowest BCUT2D eigenvalue weighted by Crippen LogP contribution is -2.21. The van der Waals surface area contributed by atoms with Gasteiger partial charge in [-0.15, -0.1) is 0 Å². The molecule has 0 aromatic heterocycles. The summed E-state index contributed by atoms with van der Waals surface area (Å²) in [5.74, 6) is 0. The van der Waals surface area contributed by atoms with E-state index in [-0.39, 0.29) is 6.49 Å². The zero-order valence-electron chi connectivity index (χ0n) is 4.02. The first-order chi connectivity index (χ1) is 2.81. The summed E-state index contributed by atoms with van der Waals surface area (Å²) in [7, 11) is 11.8. The summed E-state index contributed by atoms with van der Waals surface area (Å²) in [6, 6.07) is 0. The summed E-state index contributed by atoms with van der Waals surface area (Å²) in [6.45, 7) is 2.08. The second-order valence-electron chi connectivity index (χ2n) is 1.26. The van der Waals surface area contributed by atoms with Crippen LogP contribution in [0.15, 0.2) is 0 Å². The molecule has 25 valence electrons. The fraction of sp³-hybridized carbons (Fsp3) is 1.00. The fourth-order valence-corrected chi connectivity index (χ4v) is 0.136. The van der Waals surface area contributed by atoms with Crippen LogP contribution in [0.5, 0.6) is 0 Å². The van der Waals surface area contributed by atoms with E-state index in [9.17, 15) is 0 Å². The number of hydrogen-bond acceptors (Lipinski definition) is 0. The molecule has 0 N–H and O–H groups in total. The van der Waals surface area contributed by atoms with E-state index >= 15 is 0 Å². The normalized spacial score (nSPS) is 7.50. The third-order valence-corrected chi connectivity index (χ3v) is 0.719. The van der Waals surface area contributed by atoms with Crippen molar-refractivity contribution < 1.29 is 0 Å². The largest absolute Gasteiger partial charge is 0.0930 e. The summed E-state index contributed by atoms with van der Waals surface area (Å²) in [5, 5.41) is 0. The quantitative estimate of drug-likeness (QED) is 0.384. The maximum atomic E-state index is 5.29. The minimum Gasteiger partial charge on any atom is -0.0930 e. The highest BCUT2D eigenvalue weighted by Gasteiger charge is 1.93. The lowest BCUT2D eigenvalue weighted by molar-refractivity contribution is 1.47. The van der Waals surface area contributed by atoms with Crippen LogP contribution >= 0.6 is 0 Å². The van der Waals surface area contributed by atoms with Crippen molar-refractivity contribution in [3.63, 3.8) is 0 Å². The molecular weight excluding hydrogens is 67.3 g/mol. The van der Waals surface area contributed by atoms with E-state index in [0.717, 1.165) is 6.32 Å². The van der Waals surface area contributed by atoms with Crippen LogP contribution in [0.25, 0.3) is 0 Å². The molecule has 0 atom stereocenters.